The smallest absolute Gasteiger partial charge is 0.240 e. The molecule has 2 aromatic carbocycles. The molecule has 0 atom stereocenters. The van der Waals surface area contributed by atoms with Crippen LogP contribution in [0.5, 0.6) is 0 Å². The summed E-state index contributed by atoms with van der Waals surface area (Å²) in [6, 6.07) is 11.1. The lowest BCUT2D eigenvalue weighted by Crippen LogP contribution is -2.23. The third kappa shape index (κ3) is 3.64. The first-order chi connectivity index (χ1) is 9.38. The molecule has 0 bridgehead atoms. The predicted molar refractivity (Wildman–Crippen MR) is 81.3 cm³/mol. The van der Waals surface area contributed by atoms with Gasteiger partial charge < -0.3 is 5.73 Å². The number of anilines is 1. The van der Waals surface area contributed by atoms with Crippen LogP contribution in [-0.4, -0.2) is 8.42 Å². The maximum Gasteiger partial charge on any atom is 0.240 e. The number of nitrogens with two attached hydrogens (primary N) is 1. The Morgan fingerprint density at radius 2 is 1.70 bits per heavy atom. The second-order valence-corrected chi connectivity index (χ2v) is 6.74. The third-order valence-electron chi connectivity index (χ3n) is 2.66. The van der Waals surface area contributed by atoms with Gasteiger partial charge in [-0.05, 0) is 35.9 Å². The van der Waals surface area contributed by atoms with E-state index in [4.69, 9.17) is 28.9 Å². The topological polar surface area (TPSA) is 72.2 Å². The van der Waals surface area contributed by atoms with Crippen molar-refractivity contribution in [3.05, 3.63) is 58.1 Å². The summed E-state index contributed by atoms with van der Waals surface area (Å²) in [5.41, 5.74) is 6.63. The van der Waals surface area contributed by atoms with E-state index in [-0.39, 0.29) is 17.1 Å². The number of halogens is 2. The van der Waals surface area contributed by atoms with Crippen molar-refractivity contribution >= 4 is 38.9 Å². The molecule has 0 amide bonds. The van der Waals surface area contributed by atoms with Crippen LogP contribution < -0.4 is 10.5 Å². The molecule has 0 aliphatic rings. The molecular weight excluding hydrogens is 319 g/mol. The summed E-state index contributed by atoms with van der Waals surface area (Å²) in [5, 5.41) is 0.920. The zero-order valence-electron chi connectivity index (χ0n) is 10.3. The summed E-state index contributed by atoms with van der Waals surface area (Å²) in [6.45, 7) is 0.169. The molecule has 2 aromatic rings. The highest BCUT2D eigenvalue weighted by Crippen LogP contribution is 2.22. The number of nitrogen functional groups attached to an aromatic ring is 1. The van der Waals surface area contributed by atoms with E-state index in [0.717, 1.165) is 5.56 Å². The van der Waals surface area contributed by atoms with Gasteiger partial charge >= 0.3 is 0 Å². The van der Waals surface area contributed by atoms with Crippen molar-refractivity contribution in [2.45, 2.75) is 11.4 Å². The summed E-state index contributed by atoms with van der Waals surface area (Å²) >= 11 is 11.5. The largest absolute Gasteiger partial charge is 0.397 e. The van der Waals surface area contributed by atoms with E-state index in [2.05, 4.69) is 4.72 Å². The Balaban J connectivity index is 2.14. The van der Waals surface area contributed by atoms with Gasteiger partial charge in [0.1, 0.15) is 0 Å². The summed E-state index contributed by atoms with van der Waals surface area (Å²) in [4.78, 5) is 0.0772. The number of rotatable bonds is 4. The molecule has 3 N–H and O–H groups in total. The van der Waals surface area contributed by atoms with Crippen LogP contribution >= 0.6 is 23.2 Å². The highest BCUT2D eigenvalue weighted by atomic mass is 35.5. The molecule has 106 valence electrons. The van der Waals surface area contributed by atoms with Gasteiger partial charge in [-0.1, -0.05) is 35.3 Å². The number of hydrogen-bond acceptors (Lipinski definition) is 3. The van der Waals surface area contributed by atoms with Crippen molar-refractivity contribution in [2.75, 3.05) is 5.73 Å². The summed E-state index contributed by atoms with van der Waals surface area (Å²) in [6.07, 6.45) is 0. The summed E-state index contributed by atoms with van der Waals surface area (Å²) in [5.74, 6) is 0. The van der Waals surface area contributed by atoms with Gasteiger partial charge in [0.25, 0.3) is 0 Å². The van der Waals surface area contributed by atoms with E-state index < -0.39 is 10.0 Å². The monoisotopic (exact) mass is 330 g/mol. The fraction of sp³-hybridized carbons (Fsp3) is 0.0769. The van der Waals surface area contributed by atoms with Crippen molar-refractivity contribution in [3.63, 3.8) is 0 Å². The Morgan fingerprint density at radius 3 is 2.30 bits per heavy atom. The highest BCUT2D eigenvalue weighted by Gasteiger charge is 2.14. The maximum absolute atomic E-state index is 12.1. The van der Waals surface area contributed by atoms with E-state index in [1.54, 1.807) is 24.3 Å². The molecule has 0 heterocycles. The molecule has 0 radical (unpaired) electrons. The lowest BCUT2D eigenvalue weighted by molar-refractivity contribution is 0.581. The van der Waals surface area contributed by atoms with Crippen LogP contribution in [0.1, 0.15) is 5.56 Å². The van der Waals surface area contributed by atoms with Crippen LogP contribution in [-0.2, 0) is 16.6 Å². The van der Waals surface area contributed by atoms with Crippen LogP contribution in [0.15, 0.2) is 47.4 Å². The molecule has 0 saturated carbocycles. The van der Waals surface area contributed by atoms with Crippen molar-refractivity contribution < 1.29 is 8.42 Å². The number of sulfonamides is 1. The quantitative estimate of drug-likeness (QED) is 0.846. The lowest BCUT2D eigenvalue weighted by Gasteiger charge is -2.08. The number of hydrogen-bond donors (Lipinski definition) is 2. The molecule has 0 unspecified atom stereocenters. The lowest BCUT2D eigenvalue weighted by atomic mass is 10.2. The first-order valence-corrected chi connectivity index (χ1v) is 7.91. The molecule has 0 aliphatic carbocycles. The van der Waals surface area contributed by atoms with Crippen LogP contribution in [0, 0.1) is 0 Å². The van der Waals surface area contributed by atoms with E-state index in [9.17, 15) is 8.42 Å². The fourth-order valence-corrected chi connectivity index (χ4v) is 2.85. The van der Waals surface area contributed by atoms with Gasteiger partial charge in [0.05, 0.1) is 15.6 Å². The second kappa shape index (κ2) is 6.01. The maximum atomic E-state index is 12.1. The molecule has 7 heteroatoms. The van der Waals surface area contributed by atoms with Gasteiger partial charge in [-0.25, -0.2) is 13.1 Å². The minimum absolute atomic E-state index is 0.0772. The van der Waals surface area contributed by atoms with Crippen molar-refractivity contribution in [3.8, 4) is 0 Å². The molecule has 20 heavy (non-hydrogen) atoms. The van der Waals surface area contributed by atoms with Crippen molar-refractivity contribution in [2.24, 2.45) is 0 Å². The average molecular weight is 331 g/mol. The van der Waals surface area contributed by atoms with E-state index in [1.165, 1.54) is 18.2 Å². The van der Waals surface area contributed by atoms with Gasteiger partial charge in [-0.15, -0.1) is 0 Å². The van der Waals surface area contributed by atoms with Gasteiger partial charge in [0.2, 0.25) is 10.0 Å². The molecule has 0 fully saturated rings. The van der Waals surface area contributed by atoms with E-state index in [1.807, 2.05) is 0 Å². The first-order valence-electron chi connectivity index (χ1n) is 5.67. The summed E-state index contributed by atoms with van der Waals surface area (Å²) in [7, 11) is -3.63. The normalized spacial score (nSPS) is 11.5. The first kappa shape index (κ1) is 15.1. The van der Waals surface area contributed by atoms with Gasteiger partial charge in [-0.3, -0.25) is 0 Å². The molecule has 2 rings (SSSR count). The number of nitrogens with one attached hydrogen (secondary N) is 1. The Labute approximate surface area is 127 Å². The van der Waals surface area contributed by atoms with Crippen LogP contribution in [0.25, 0.3) is 0 Å². The SMILES string of the molecule is Nc1cc(S(=O)(=O)NCc2ccc(Cl)cc2)ccc1Cl. The fourth-order valence-electron chi connectivity index (χ4n) is 1.55. The molecule has 4 nitrogen and oxygen atoms in total. The molecule has 0 aromatic heterocycles. The molecule has 0 saturated heterocycles. The third-order valence-corrected chi connectivity index (χ3v) is 4.65. The zero-order valence-corrected chi connectivity index (χ0v) is 12.6. The van der Waals surface area contributed by atoms with Crippen molar-refractivity contribution in [1.82, 2.24) is 4.72 Å². The Morgan fingerprint density at radius 1 is 1.05 bits per heavy atom. The van der Waals surface area contributed by atoms with Gasteiger partial charge in [-0.2, -0.15) is 0 Å². The zero-order chi connectivity index (χ0) is 14.8. The summed E-state index contributed by atoms with van der Waals surface area (Å²) < 4.78 is 26.7. The minimum atomic E-state index is -3.63. The Bertz CT molecular complexity index is 716. The molecular formula is C13H12Cl2N2O2S. The Hall–Kier alpha value is -1.27. The van der Waals surface area contributed by atoms with Crippen molar-refractivity contribution in [1.29, 1.82) is 0 Å². The second-order valence-electron chi connectivity index (χ2n) is 4.13. The van der Waals surface area contributed by atoms with Crippen LogP contribution in [0.4, 0.5) is 5.69 Å². The van der Waals surface area contributed by atoms with E-state index >= 15 is 0 Å². The highest BCUT2D eigenvalue weighted by molar-refractivity contribution is 7.89. The van der Waals surface area contributed by atoms with Gasteiger partial charge in [0, 0.05) is 11.6 Å². The Kier molecular flexibility index (Phi) is 4.55. The number of benzene rings is 2. The van der Waals surface area contributed by atoms with Gasteiger partial charge in [0.15, 0.2) is 0 Å². The molecule has 0 aliphatic heterocycles. The average Bonchev–Trinajstić information content (AvgIpc) is 2.41. The van der Waals surface area contributed by atoms with E-state index in [0.29, 0.717) is 10.0 Å². The van der Waals surface area contributed by atoms with Crippen LogP contribution in [0.2, 0.25) is 10.0 Å². The standard InChI is InChI=1S/C13H12Cl2N2O2S/c14-10-3-1-9(2-4-10)8-17-20(18,19)11-5-6-12(15)13(16)7-11/h1-7,17H,8,16H2. The molecule has 0 spiro atoms. The van der Waals surface area contributed by atoms with Crippen LogP contribution in [0.3, 0.4) is 0 Å². The predicted octanol–water partition coefficient (Wildman–Crippen LogP) is 3.05. The minimum Gasteiger partial charge on any atom is -0.397 e.